The van der Waals surface area contributed by atoms with E-state index in [1.807, 2.05) is 42.2 Å². The van der Waals surface area contributed by atoms with Gasteiger partial charge in [-0.3, -0.25) is 9.78 Å². The topological polar surface area (TPSA) is 67.4 Å². The number of carbonyl (C=O) groups is 1. The number of ether oxygens (including phenoxy) is 1. The Morgan fingerprint density at radius 2 is 2.20 bits per heavy atom. The summed E-state index contributed by atoms with van der Waals surface area (Å²) in [4.78, 5) is 23.1. The molecule has 0 aromatic carbocycles. The third kappa shape index (κ3) is 3.35. The van der Waals surface area contributed by atoms with Crippen LogP contribution in [0.25, 0.3) is 0 Å². The van der Waals surface area contributed by atoms with E-state index in [2.05, 4.69) is 15.3 Å². The van der Waals surface area contributed by atoms with Crippen molar-refractivity contribution in [2.75, 3.05) is 31.6 Å². The van der Waals surface area contributed by atoms with Gasteiger partial charge in [0.1, 0.15) is 5.82 Å². The predicted octanol–water partition coefficient (Wildman–Crippen LogP) is 1.98. The summed E-state index contributed by atoms with van der Waals surface area (Å²) in [6.07, 6.45) is 3.58. The van der Waals surface area contributed by atoms with Crippen LogP contribution in [0.4, 0.5) is 5.82 Å². The van der Waals surface area contributed by atoms with E-state index < -0.39 is 0 Å². The van der Waals surface area contributed by atoms with E-state index in [9.17, 15) is 4.79 Å². The van der Waals surface area contributed by atoms with Gasteiger partial charge in [-0.15, -0.1) is 0 Å². The van der Waals surface area contributed by atoms with Crippen molar-refractivity contribution in [3.8, 4) is 0 Å². The lowest BCUT2D eigenvalue weighted by atomic mass is 9.93. The van der Waals surface area contributed by atoms with E-state index in [1.165, 1.54) is 0 Å². The van der Waals surface area contributed by atoms with E-state index in [0.717, 1.165) is 31.2 Å². The van der Waals surface area contributed by atoms with Crippen molar-refractivity contribution in [2.24, 2.45) is 11.8 Å². The van der Waals surface area contributed by atoms with Crippen LogP contribution in [-0.4, -0.2) is 53.1 Å². The van der Waals surface area contributed by atoms with Gasteiger partial charge in [-0.2, -0.15) is 0 Å². The fourth-order valence-corrected chi connectivity index (χ4v) is 3.65. The fraction of sp³-hybridized carbons (Fsp3) is 0.421. The molecule has 0 radical (unpaired) electrons. The molecule has 25 heavy (non-hydrogen) atoms. The van der Waals surface area contributed by atoms with Gasteiger partial charge in [0.25, 0.3) is 5.91 Å². The van der Waals surface area contributed by atoms with Gasteiger partial charge >= 0.3 is 0 Å². The molecule has 0 saturated carbocycles. The summed E-state index contributed by atoms with van der Waals surface area (Å²) in [7, 11) is 0. The number of fused-ring (bicyclic) bond motifs is 1. The number of hydrogen-bond donors (Lipinski definition) is 1. The van der Waals surface area contributed by atoms with Gasteiger partial charge in [0, 0.05) is 49.6 Å². The molecule has 1 N–H and O–H groups in total. The highest BCUT2D eigenvalue weighted by Crippen LogP contribution is 2.34. The first-order chi connectivity index (χ1) is 12.2. The van der Waals surface area contributed by atoms with Crippen LogP contribution >= 0.6 is 0 Å². The lowest BCUT2D eigenvalue weighted by molar-refractivity contribution is 0.0680. The largest absolute Gasteiger partial charge is 0.376 e. The standard InChI is InChI=1S/C19H22N4O2/c1-13-5-6-14(8-21-13)19(24)23-10-16-15(12-25-17(16)11-23)9-22-18-4-2-3-7-20-18/h2-8,15-17H,9-12H2,1H3,(H,20,22)/t15-,16+,17+/m1/s1. The number of hydrogen-bond acceptors (Lipinski definition) is 5. The van der Waals surface area contributed by atoms with E-state index >= 15 is 0 Å². The number of pyridine rings is 2. The van der Waals surface area contributed by atoms with Gasteiger partial charge < -0.3 is 15.0 Å². The minimum atomic E-state index is 0.0435. The molecule has 3 atom stereocenters. The Morgan fingerprint density at radius 1 is 1.28 bits per heavy atom. The normalized spacial score (nSPS) is 25.0. The number of rotatable bonds is 4. The summed E-state index contributed by atoms with van der Waals surface area (Å²) in [5.41, 5.74) is 1.56. The molecule has 2 aliphatic heterocycles. The molecule has 4 heterocycles. The van der Waals surface area contributed by atoms with Crippen LogP contribution in [0.1, 0.15) is 16.1 Å². The Balaban J connectivity index is 1.37. The molecule has 0 aliphatic carbocycles. The first-order valence-electron chi connectivity index (χ1n) is 8.69. The molecule has 4 rings (SSSR count). The molecule has 1 amide bonds. The SMILES string of the molecule is Cc1ccc(C(=O)N2C[C@H]3[C@H](CNc4ccccn4)CO[C@H]3C2)cn1. The van der Waals surface area contributed by atoms with Crippen LogP contribution in [0, 0.1) is 18.8 Å². The molecule has 2 fully saturated rings. The predicted molar refractivity (Wildman–Crippen MR) is 94.3 cm³/mol. The van der Waals surface area contributed by atoms with Crippen molar-refractivity contribution in [2.45, 2.75) is 13.0 Å². The lowest BCUT2D eigenvalue weighted by Crippen LogP contribution is -2.32. The highest BCUT2D eigenvalue weighted by molar-refractivity contribution is 5.94. The quantitative estimate of drug-likeness (QED) is 0.923. The maximum Gasteiger partial charge on any atom is 0.255 e. The Kier molecular flexibility index (Phi) is 4.36. The number of nitrogens with zero attached hydrogens (tertiary/aromatic N) is 3. The van der Waals surface area contributed by atoms with Crippen molar-refractivity contribution in [1.82, 2.24) is 14.9 Å². The van der Waals surface area contributed by atoms with Crippen LogP contribution in [0.3, 0.4) is 0 Å². The van der Waals surface area contributed by atoms with Crippen LogP contribution in [-0.2, 0) is 4.74 Å². The van der Waals surface area contributed by atoms with E-state index in [0.29, 0.717) is 23.9 Å². The molecule has 0 spiro atoms. The monoisotopic (exact) mass is 338 g/mol. The average Bonchev–Trinajstić information content (AvgIpc) is 3.22. The van der Waals surface area contributed by atoms with Gasteiger partial charge in [0.05, 0.1) is 18.3 Å². The molecule has 130 valence electrons. The molecule has 2 aromatic heterocycles. The van der Waals surface area contributed by atoms with Gasteiger partial charge in [0.2, 0.25) is 0 Å². The van der Waals surface area contributed by atoms with Gasteiger partial charge in [0.15, 0.2) is 0 Å². The molecule has 0 bridgehead atoms. The third-order valence-electron chi connectivity index (χ3n) is 5.09. The summed E-state index contributed by atoms with van der Waals surface area (Å²) >= 11 is 0. The second-order valence-electron chi connectivity index (χ2n) is 6.79. The Labute approximate surface area is 147 Å². The molecule has 0 unspecified atom stereocenters. The van der Waals surface area contributed by atoms with Gasteiger partial charge in [-0.1, -0.05) is 6.07 Å². The number of likely N-dealkylation sites (tertiary alicyclic amines) is 1. The molecule has 6 heteroatoms. The minimum absolute atomic E-state index is 0.0435. The van der Waals surface area contributed by atoms with E-state index in [1.54, 1.807) is 12.4 Å². The number of nitrogens with one attached hydrogen (secondary N) is 1. The van der Waals surface area contributed by atoms with Crippen molar-refractivity contribution >= 4 is 11.7 Å². The maximum atomic E-state index is 12.7. The fourth-order valence-electron chi connectivity index (χ4n) is 3.65. The van der Waals surface area contributed by atoms with Crippen molar-refractivity contribution < 1.29 is 9.53 Å². The minimum Gasteiger partial charge on any atom is -0.376 e. The van der Waals surface area contributed by atoms with Crippen molar-refractivity contribution in [1.29, 1.82) is 0 Å². The molecule has 2 saturated heterocycles. The second-order valence-corrected chi connectivity index (χ2v) is 6.79. The maximum absolute atomic E-state index is 12.7. The summed E-state index contributed by atoms with van der Waals surface area (Å²) in [5.74, 6) is 1.68. The van der Waals surface area contributed by atoms with Crippen LogP contribution in [0.2, 0.25) is 0 Å². The summed E-state index contributed by atoms with van der Waals surface area (Å²) < 4.78 is 5.94. The first kappa shape index (κ1) is 16.0. The smallest absolute Gasteiger partial charge is 0.255 e. The number of aromatic nitrogens is 2. The molecule has 6 nitrogen and oxygen atoms in total. The lowest BCUT2D eigenvalue weighted by Gasteiger charge is -2.20. The number of carbonyl (C=O) groups excluding carboxylic acids is 1. The summed E-state index contributed by atoms with van der Waals surface area (Å²) in [5, 5.41) is 3.38. The second kappa shape index (κ2) is 6.80. The number of amides is 1. The first-order valence-corrected chi connectivity index (χ1v) is 8.69. The van der Waals surface area contributed by atoms with Crippen LogP contribution in [0.15, 0.2) is 42.7 Å². The number of anilines is 1. The van der Waals surface area contributed by atoms with Gasteiger partial charge in [-0.05, 0) is 31.2 Å². The molecule has 2 aromatic rings. The van der Waals surface area contributed by atoms with Gasteiger partial charge in [-0.25, -0.2) is 4.98 Å². The summed E-state index contributed by atoms with van der Waals surface area (Å²) in [6, 6.07) is 9.55. The zero-order valence-electron chi connectivity index (χ0n) is 14.3. The van der Waals surface area contributed by atoms with Crippen LogP contribution < -0.4 is 5.32 Å². The molecular formula is C19H22N4O2. The zero-order valence-corrected chi connectivity index (χ0v) is 14.3. The van der Waals surface area contributed by atoms with Crippen molar-refractivity contribution in [3.63, 3.8) is 0 Å². The Bertz CT molecular complexity index is 735. The Hall–Kier alpha value is -2.47. The van der Waals surface area contributed by atoms with E-state index in [-0.39, 0.29) is 12.0 Å². The van der Waals surface area contributed by atoms with E-state index in [4.69, 9.17) is 4.74 Å². The van der Waals surface area contributed by atoms with Crippen LogP contribution in [0.5, 0.6) is 0 Å². The Morgan fingerprint density at radius 3 is 2.96 bits per heavy atom. The average molecular weight is 338 g/mol. The van der Waals surface area contributed by atoms with Crippen molar-refractivity contribution in [3.05, 3.63) is 54.0 Å². The highest BCUT2D eigenvalue weighted by Gasteiger charge is 2.45. The third-order valence-corrected chi connectivity index (χ3v) is 5.09. The summed E-state index contributed by atoms with van der Waals surface area (Å²) in [6.45, 7) is 4.88. The molecular weight excluding hydrogens is 316 g/mol. The zero-order chi connectivity index (χ0) is 17.2. The number of aryl methyl sites for hydroxylation is 1. The highest BCUT2D eigenvalue weighted by atomic mass is 16.5. The molecule has 2 aliphatic rings.